The molecule has 4 aromatic carbocycles. The Morgan fingerprint density at radius 2 is 1.13 bits per heavy atom. The fourth-order valence-electron chi connectivity index (χ4n) is 4.10. The molecule has 0 N–H and O–H groups in total. The van der Waals surface area contributed by atoms with E-state index in [2.05, 4.69) is 80.6 Å². The number of hydrogen-bond donors (Lipinski definition) is 0. The monoisotopic (exact) mass is 508 g/mol. The molecule has 0 fully saturated rings. The van der Waals surface area contributed by atoms with Crippen molar-refractivity contribution in [3.63, 3.8) is 0 Å². The summed E-state index contributed by atoms with van der Waals surface area (Å²) in [6.07, 6.45) is -0.645. The van der Waals surface area contributed by atoms with Gasteiger partial charge in [-0.25, -0.2) is 4.79 Å². The quantitative estimate of drug-likeness (QED) is 0.222. The average Bonchev–Trinajstić information content (AvgIpc) is 2.94. The van der Waals surface area contributed by atoms with Crippen LogP contribution in [0.25, 0.3) is 33.4 Å². The number of hydrogen-bond acceptors (Lipinski definition) is 3. The molecule has 1 atom stereocenters. The zero-order valence-corrected chi connectivity index (χ0v) is 23.7. The minimum atomic E-state index is -0.645. The molecule has 4 rings (SSSR count). The second-order valence-corrected chi connectivity index (χ2v) is 9.78. The van der Waals surface area contributed by atoms with Gasteiger partial charge in [-0.15, -0.1) is 0 Å². The first-order valence-electron chi connectivity index (χ1n) is 13.5. The first kappa shape index (κ1) is 28.7. The van der Waals surface area contributed by atoms with E-state index in [1.165, 1.54) is 38.9 Å². The molecule has 0 saturated heterocycles. The van der Waals surface area contributed by atoms with Crippen molar-refractivity contribution in [2.75, 3.05) is 6.61 Å². The number of carbonyl (C=O) groups is 1. The summed E-state index contributed by atoms with van der Waals surface area (Å²) in [6.45, 7) is 14.4. The molecule has 0 heterocycles. The van der Waals surface area contributed by atoms with Crippen molar-refractivity contribution >= 4 is 5.97 Å². The Kier molecular flexibility index (Phi) is 10.3. The smallest absolute Gasteiger partial charge is 0.347 e. The van der Waals surface area contributed by atoms with Gasteiger partial charge < -0.3 is 9.47 Å². The van der Waals surface area contributed by atoms with E-state index in [0.717, 1.165) is 5.56 Å². The van der Waals surface area contributed by atoms with Crippen molar-refractivity contribution in [1.82, 2.24) is 0 Å². The van der Waals surface area contributed by atoms with Crippen molar-refractivity contribution < 1.29 is 14.3 Å². The van der Waals surface area contributed by atoms with Crippen LogP contribution in [0.1, 0.15) is 45.7 Å². The standard InChI is InChI=1S/C33H34O3.C2H6/c1-22(2)21-35-33(34)25(5)36-31-17-14-29(15-18-31)32-19-16-30(20-24(32)4)28-12-10-27(11-13-28)26-8-6-23(3)7-9-26;1-2/h6-20,22,25H,21H2,1-5H3;1-2H3/t25-;/m0./s1. The van der Waals surface area contributed by atoms with E-state index in [1.807, 2.05) is 52.0 Å². The lowest BCUT2D eigenvalue weighted by Gasteiger charge is -2.15. The SMILES string of the molecule is CC.Cc1ccc(-c2ccc(-c3ccc(-c4ccc(O[C@@H](C)C(=O)OCC(C)C)cc4)c(C)c3)cc2)cc1. The molecule has 38 heavy (non-hydrogen) atoms. The average molecular weight is 509 g/mol. The van der Waals surface area contributed by atoms with Gasteiger partial charge in [-0.1, -0.05) is 112 Å². The molecule has 0 aliphatic carbocycles. The summed E-state index contributed by atoms with van der Waals surface area (Å²) < 4.78 is 11.0. The van der Waals surface area contributed by atoms with Crippen LogP contribution in [0.3, 0.4) is 0 Å². The van der Waals surface area contributed by atoms with Crippen LogP contribution >= 0.6 is 0 Å². The van der Waals surface area contributed by atoms with E-state index in [4.69, 9.17) is 9.47 Å². The molecule has 0 spiro atoms. The minimum absolute atomic E-state index is 0.299. The lowest BCUT2D eigenvalue weighted by Crippen LogP contribution is -2.27. The van der Waals surface area contributed by atoms with Crippen LogP contribution in [0.15, 0.2) is 91.0 Å². The fourth-order valence-corrected chi connectivity index (χ4v) is 4.10. The number of carbonyl (C=O) groups excluding carboxylic acids is 1. The normalized spacial score (nSPS) is 11.4. The Labute approximate surface area is 228 Å². The zero-order chi connectivity index (χ0) is 27.7. The Hall–Kier alpha value is -3.85. The van der Waals surface area contributed by atoms with Gasteiger partial charge in [0.15, 0.2) is 6.10 Å². The fraction of sp³-hybridized carbons (Fsp3) is 0.286. The second kappa shape index (κ2) is 13.6. The van der Waals surface area contributed by atoms with Gasteiger partial charge in [0.2, 0.25) is 0 Å². The van der Waals surface area contributed by atoms with Gasteiger partial charge in [0.25, 0.3) is 0 Å². The maximum Gasteiger partial charge on any atom is 0.347 e. The van der Waals surface area contributed by atoms with Crippen molar-refractivity contribution in [1.29, 1.82) is 0 Å². The minimum Gasteiger partial charge on any atom is -0.479 e. The van der Waals surface area contributed by atoms with Gasteiger partial charge in [-0.3, -0.25) is 0 Å². The summed E-state index contributed by atoms with van der Waals surface area (Å²) in [6, 6.07) is 31.8. The van der Waals surface area contributed by atoms with Gasteiger partial charge >= 0.3 is 5.97 Å². The molecule has 0 bridgehead atoms. The highest BCUT2D eigenvalue weighted by Crippen LogP contribution is 2.31. The second-order valence-electron chi connectivity index (χ2n) is 9.78. The van der Waals surface area contributed by atoms with Gasteiger partial charge in [0.1, 0.15) is 5.75 Å². The van der Waals surface area contributed by atoms with Crippen molar-refractivity contribution in [2.45, 2.75) is 54.6 Å². The Bertz CT molecular complexity index is 1300. The summed E-state index contributed by atoms with van der Waals surface area (Å²) in [7, 11) is 0. The van der Waals surface area contributed by atoms with E-state index < -0.39 is 6.10 Å². The van der Waals surface area contributed by atoms with Crippen molar-refractivity contribution in [2.24, 2.45) is 5.92 Å². The third-order valence-corrected chi connectivity index (χ3v) is 6.20. The molecule has 0 amide bonds. The number of rotatable bonds is 8. The summed E-state index contributed by atoms with van der Waals surface area (Å²) in [5, 5.41) is 0. The van der Waals surface area contributed by atoms with Crippen LogP contribution in [0.4, 0.5) is 0 Å². The molecular weight excluding hydrogens is 468 g/mol. The van der Waals surface area contributed by atoms with Crippen LogP contribution in [-0.4, -0.2) is 18.7 Å². The molecule has 0 aliphatic rings. The van der Waals surface area contributed by atoms with E-state index in [-0.39, 0.29) is 5.97 Å². The Balaban J connectivity index is 0.00000195. The highest BCUT2D eigenvalue weighted by molar-refractivity contribution is 5.76. The number of ether oxygens (including phenoxy) is 2. The molecule has 4 aromatic rings. The summed E-state index contributed by atoms with van der Waals surface area (Å²) in [4.78, 5) is 12.1. The molecular formula is C35H40O3. The van der Waals surface area contributed by atoms with Crippen LogP contribution in [0.2, 0.25) is 0 Å². The van der Waals surface area contributed by atoms with Crippen LogP contribution in [0, 0.1) is 19.8 Å². The van der Waals surface area contributed by atoms with Crippen LogP contribution < -0.4 is 4.74 Å². The highest BCUT2D eigenvalue weighted by Gasteiger charge is 2.17. The maximum absolute atomic E-state index is 12.1. The van der Waals surface area contributed by atoms with E-state index >= 15 is 0 Å². The molecule has 0 unspecified atom stereocenters. The van der Waals surface area contributed by atoms with E-state index in [9.17, 15) is 4.79 Å². The molecule has 0 aliphatic heterocycles. The Morgan fingerprint density at radius 1 is 0.658 bits per heavy atom. The van der Waals surface area contributed by atoms with Gasteiger partial charge in [-0.05, 0) is 77.8 Å². The van der Waals surface area contributed by atoms with Crippen LogP contribution in [-0.2, 0) is 9.53 Å². The van der Waals surface area contributed by atoms with Crippen molar-refractivity contribution in [3.05, 3.63) is 102 Å². The molecule has 0 radical (unpaired) electrons. The van der Waals surface area contributed by atoms with E-state index in [1.54, 1.807) is 6.92 Å². The van der Waals surface area contributed by atoms with Gasteiger partial charge in [0.05, 0.1) is 6.61 Å². The molecule has 0 aromatic heterocycles. The highest BCUT2D eigenvalue weighted by atomic mass is 16.6. The maximum atomic E-state index is 12.1. The summed E-state index contributed by atoms with van der Waals surface area (Å²) in [5.41, 5.74) is 9.59. The van der Waals surface area contributed by atoms with Gasteiger partial charge in [-0.2, -0.15) is 0 Å². The third kappa shape index (κ3) is 7.58. The predicted octanol–water partition coefficient (Wildman–Crippen LogP) is 9.30. The molecule has 3 nitrogen and oxygen atoms in total. The largest absolute Gasteiger partial charge is 0.479 e. The summed E-state index contributed by atoms with van der Waals surface area (Å²) >= 11 is 0. The van der Waals surface area contributed by atoms with Gasteiger partial charge in [0, 0.05) is 0 Å². The molecule has 3 heteroatoms. The molecule has 198 valence electrons. The predicted molar refractivity (Wildman–Crippen MR) is 159 cm³/mol. The lowest BCUT2D eigenvalue weighted by atomic mass is 9.94. The van der Waals surface area contributed by atoms with E-state index in [0.29, 0.717) is 18.3 Å². The number of benzene rings is 4. The van der Waals surface area contributed by atoms with Crippen molar-refractivity contribution in [3.8, 4) is 39.1 Å². The van der Waals surface area contributed by atoms with Crippen LogP contribution in [0.5, 0.6) is 5.75 Å². The molecule has 0 saturated carbocycles. The Morgan fingerprint density at radius 3 is 1.66 bits per heavy atom. The number of esters is 1. The third-order valence-electron chi connectivity index (χ3n) is 6.20. The first-order valence-corrected chi connectivity index (χ1v) is 13.5. The number of aryl methyl sites for hydroxylation is 2. The first-order chi connectivity index (χ1) is 18.3. The lowest BCUT2D eigenvalue weighted by molar-refractivity contribution is -0.152. The summed E-state index contributed by atoms with van der Waals surface area (Å²) in [5.74, 6) is 0.606. The topological polar surface area (TPSA) is 35.5 Å². The zero-order valence-electron chi connectivity index (χ0n) is 23.7.